The Balaban J connectivity index is 1.94. The molecule has 0 saturated carbocycles. The summed E-state index contributed by atoms with van der Waals surface area (Å²) in [4.78, 5) is 41.9. The van der Waals surface area contributed by atoms with E-state index >= 15 is 8.78 Å². The van der Waals surface area contributed by atoms with E-state index in [1.54, 1.807) is 30.9 Å². The molecule has 0 aliphatic carbocycles. The van der Waals surface area contributed by atoms with E-state index in [2.05, 4.69) is 15.0 Å². The lowest BCUT2D eigenvalue weighted by Crippen LogP contribution is -2.58. The van der Waals surface area contributed by atoms with E-state index in [1.165, 1.54) is 17.2 Å². The monoisotopic (exact) mass is 658 g/mol. The first-order chi connectivity index (χ1) is 22.2. The van der Waals surface area contributed by atoms with Crippen LogP contribution in [0.2, 0.25) is 0 Å². The Bertz CT molecular complexity index is 1880. The normalized spacial score (nSPS) is 17.1. The Morgan fingerprint density at radius 2 is 1.81 bits per heavy atom. The number of benzene rings is 1. The molecule has 2 atom stereocenters. The van der Waals surface area contributed by atoms with Crippen LogP contribution in [0, 0.1) is 11.6 Å². The largest absolute Gasteiger partial charge is 0.507 e. The van der Waals surface area contributed by atoms with Crippen LogP contribution in [0.4, 0.5) is 28.2 Å². The number of pyridine rings is 2. The quantitative estimate of drug-likeness (QED) is 0.221. The highest BCUT2D eigenvalue weighted by Gasteiger charge is 2.37. The lowest BCUT2D eigenvalue weighted by atomic mass is 9.97. The molecule has 1 aliphatic heterocycles. The fourth-order valence-electron chi connectivity index (χ4n) is 5.97. The highest BCUT2D eigenvalue weighted by Crippen LogP contribution is 2.40. The molecule has 4 aromatic rings. The number of hydrogen-bond acceptors (Lipinski definition) is 8. The first-order valence-corrected chi connectivity index (χ1v) is 15.0. The molecular weight excluding hydrogens is 624 g/mol. The lowest BCUT2D eigenvalue weighted by Gasteiger charge is -2.43. The van der Waals surface area contributed by atoms with Gasteiger partial charge < -0.3 is 25.1 Å². The van der Waals surface area contributed by atoms with Crippen molar-refractivity contribution in [1.82, 2.24) is 24.4 Å². The molecule has 4 heterocycles. The maximum absolute atomic E-state index is 16.8. The summed E-state index contributed by atoms with van der Waals surface area (Å²) >= 11 is 0. The van der Waals surface area contributed by atoms with Crippen LogP contribution < -0.4 is 10.6 Å². The van der Waals surface area contributed by atoms with Crippen LogP contribution in [0.5, 0.6) is 5.75 Å². The van der Waals surface area contributed by atoms with Crippen LogP contribution in [-0.2, 0) is 6.42 Å². The number of fused-ring (bicyclic) bond motifs is 1. The average Bonchev–Trinajstić information content (AvgIpc) is 3.01. The molecule has 250 valence electrons. The summed E-state index contributed by atoms with van der Waals surface area (Å²) in [5.41, 5.74) is -2.30. The van der Waals surface area contributed by atoms with E-state index < -0.39 is 83.4 Å². The van der Waals surface area contributed by atoms with Crippen molar-refractivity contribution in [1.29, 1.82) is 0 Å². The summed E-state index contributed by atoms with van der Waals surface area (Å²) in [6.07, 6.45) is -1.40. The van der Waals surface area contributed by atoms with Crippen LogP contribution >= 0.6 is 0 Å². The van der Waals surface area contributed by atoms with Gasteiger partial charge in [0.2, 0.25) is 0 Å². The number of aromatic nitrogens is 4. The number of nitrogens with zero attached hydrogens (tertiary/aromatic N) is 6. The van der Waals surface area contributed by atoms with E-state index in [1.807, 2.05) is 13.8 Å². The molecule has 1 fully saturated rings. The minimum Gasteiger partial charge on any atom is -0.507 e. The van der Waals surface area contributed by atoms with Gasteiger partial charge in [-0.05, 0) is 50.5 Å². The highest BCUT2D eigenvalue weighted by atomic mass is 19.3. The molecule has 5 rings (SSSR count). The van der Waals surface area contributed by atoms with Crippen molar-refractivity contribution in [3.8, 4) is 22.7 Å². The van der Waals surface area contributed by atoms with Gasteiger partial charge in [-0.25, -0.2) is 36.7 Å². The number of anilines is 1. The number of halogens is 4. The van der Waals surface area contributed by atoms with Crippen molar-refractivity contribution in [2.75, 3.05) is 24.6 Å². The molecule has 0 bridgehead atoms. The van der Waals surface area contributed by atoms with Crippen molar-refractivity contribution in [3.05, 3.63) is 69.9 Å². The molecule has 0 spiro atoms. The van der Waals surface area contributed by atoms with Crippen LogP contribution in [0.25, 0.3) is 28.0 Å². The van der Waals surface area contributed by atoms with E-state index in [-0.39, 0.29) is 41.5 Å². The maximum Gasteiger partial charge on any atom is 0.407 e. The summed E-state index contributed by atoms with van der Waals surface area (Å²) in [5, 5.41) is 29.5. The van der Waals surface area contributed by atoms with Crippen molar-refractivity contribution in [2.45, 2.75) is 64.5 Å². The zero-order valence-corrected chi connectivity index (χ0v) is 26.1. The third kappa shape index (κ3) is 6.19. The standard InChI is InChI=1S/C32H34F4N6O5/c1-16(2)26-21(8-6-12-37-26)42-29-23(28(39-30(42)45)40-13-18(4)41(31(46)47)14-17(40)3)19(10-11-32(35,36)15-43)25(34)27(38-29)24-20(33)7-5-9-22(24)44/h5-9,12,16-18,43-44H,10-11,13-15H2,1-4H3,(H,46,47). The Morgan fingerprint density at radius 3 is 2.45 bits per heavy atom. The van der Waals surface area contributed by atoms with Crippen LogP contribution in [0.1, 0.15) is 51.3 Å². The lowest BCUT2D eigenvalue weighted by molar-refractivity contribution is -0.0558. The number of aliphatic hydroxyl groups is 1. The predicted molar refractivity (Wildman–Crippen MR) is 165 cm³/mol. The van der Waals surface area contributed by atoms with E-state index in [4.69, 9.17) is 0 Å². The number of aliphatic hydroxyl groups excluding tert-OH is 1. The van der Waals surface area contributed by atoms with Crippen LogP contribution in [0.15, 0.2) is 41.3 Å². The third-order valence-electron chi connectivity index (χ3n) is 8.35. The molecule has 11 nitrogen and oxygen atoms in total. The molecule has 3 N–H and O–H groups in total. The Hall–Kier alpha value is -4.79. The number of rotatable bonds is 8. The Kier molecular flexibility index (Phi) is 9.13. The fourth-order valence-corrected chi connectivity index (χ4v) is 5.97. The Labute approximate surface area is 266 Å². The second-order valence-electron chi connectivity index (χ2n) is 12.0. The summed E-state index contributed by atoms with van der Waals surface area (Å²) < 4.78 is 62.1. The molecule has 47 heavy (non-hydrogen) atoms. The number of carboxylic acid groups (broad SMARTS) is 1. The number of amides is 1. The minimum absolute atomic E-state index is 0.00681. The predicted octanol–water partition coefficient (Wildman–Crippen LogP) is 5.09. The van der Waals surface area contributed by atoms with Gasteiger partial charge >= 0.3 is 11.8 Å². The molecule has 1 saturated heterocycles. The SMILES string of the molecule is CC(C)c1ncccc1-n1c(=O)nc(N2CC(C)N(C(=O)O)CC2C)c2c(CCC(F)(F)CO)c(F)c(-c3c(O)cccc3F)nc21. The second-order valence-corrected chi connectivity index (χ2v) is 12.0. The maximum atomic E-state index is 16.8. The smallest absolute Gasteiger partial charge is 0.407 e. The fraction of sp³-hybridized carbons (Fsp3) is 0.406. The van der Waals surface area contributed by atoms with E-state index in [9.17, 15) is 33.7 Å². The molecule has 1 amide bonds. The number of phenolic OH excluding ortho intramolecular Hbond substituents is 1. The summed E-state index contributed by atoms with van der Waals surface area (Å²) in [5.74, 6) is -6.97. The topological polar surface area (TPSA) is 145 Å². The zero-order chi connectivity index (χ0) is 34.4. The van der Waals surface area contributed by atoms with Gasteiger partial charge in [0.25, 0.3) is 5.92 Å². The van der Waals surface area contributed by atoms with Crippen LogP contribution in [0.3, 0.4) is 0 Å². The molecule has 1 aromatic carbocycles. The van der Waals surface area contributed by atoms with Gasteiger partial charge in [0.05, 0.1) is 22.3 Å². The van der Waals surface area contributed by atoms with Gasteiger partial charge in [-0.3, -0.25) is 4.98 Å². The van der Waals surface area contributed by atoms with Crippen LogP contribution in [-0.4, -0.2) is 83.5 Å². The van der Waals surface area contributed by atoms with Crippen molar-refractivity contribution < 1.29 is 37.7 Å². The molecular formula is C32H34F4N6O5. The first-order valence-electron chi connectivity index (χ1n) is 15.0. The number of aryl methyl sites for hydroxylation is 1. The van der Waals surface area contributed by atoms with E-state index in [0.29, 0.717) is 5.69 Å². The number of carbonyl (C=O) groups is 1. The minimum atomic E-state index is -3.63. The van der Waals surface area contributed by atoms with Gasteiger partial charge in [-0.2, -0.15) is 4.98 Å². The number of phenols is 1. The summed E-state index contributed by atoms with van der Waals surface area (Å²) in [6.45, 7) is 5.43. The summed E-state index contributed by atoms with van der Waals surface area (Å²) in [7, 11) is 0. The first kappa shape index (κ1) is 33.6. The van der Waals surface area contributed by atoms with Gasteiger partial charge in [0.1, 0.15) is 29.7 Å². The number of alkyl halides is 2. The van der Waals surface area contributed by atoms with Crippen molar-refractivity contribution in [2.24, 2.45) is 0 Å². The van der Waals surface area contributed by atoms with Gasteiger partial charge in [0.15, 0.2) is 11.5 Å². The van der Waals surface area contributed by atoms with Crippen molar-refractivity contribution in [3.63, 3.8) is 0 Å². The second kappa shape index (κ2) is 12.8. The van der Waals surface area contributed by atoms with Gasteiger partial charge in [-0.1, -0.05) is 19.9 Å². The third-order valence-corrected chi connectivity index (χ3v) is 8.35. The number of hydrogen-bond donors (Lipinski definition) is 3. The van der Waals surface area contributed by atoms with E-state index in [0.717, 1.165) is 16.7 Å². The van der Waals surface area contributed by atoms with Gasteiger partial charge in [0, 0.05) is 43.4 Å². The molecule has 2 unspecified atom stereocenters. The summed E-state index contributed by atoms with van der Waals surface area (Å²) in [6, 6.07) is 5.17. The van der Waals surface area contributed by atoms with Gasteiger partial charge in [-0.15, -0.1) is 0 Å². The number of aromatic hydroxyl groups is 1. The molecule has 15 heteroatoms. The highest BCUT2D eigenvalue weighted by molar-refractivity contribution is 5.94. The van der Waals surface area contributed by atoms with Crippen molar-refractivity contribution >= 4 is 22.9 Å². The zero-order valence-electron chi connectivity index (χ0n) is 26.1. The average molecular weight is 659 g/mol. The molecule has 3 aromatic heterocycles. The molecule has 0 radical (unpaired) electrons. The Morgan fingerprint density at radius 1 is 1.09 bits per heavy atom. The number of piperazine rings is 1. The molecule has 1 aliphatic rings.